The van der Waals surface area contributed by atoms with E-state index < -0.39 is 4.92 Å². The quantitative estimate of drug-likeness (QED) is 0.359. The molecule has 0 spiro atoms. The zero-order chi connectivity index (χ0) is 13.8. The molecule has 1 unspecified atom stereocenters. The lowest BCUT2D eigenvalue weighted by molar-refractivity contribution is -0.385. The summed E-state index contributed by atoms with van der Waals surface area (Å²) in [7, 11) is 0. The van der Waals surface area contributed by atoms with E-state index in [1.165, 1.54) is 13.0 Å². The molecule has 1 saturated heterocycles. The fourth-order valence-electron chi connectivity index (χ4n) is 2.01. The van der Waals surface area contributed by atoms with Crippen molar-refractivity contribution in [1.82, 2.24) is 0 Å². The Morgan fingerprint density at radius 3 is 2.95 bits per heavy atom. The van der Waals surface area contributed by atoms with E-state index in [1.807, 2.05) is 0 Å². The first-order valence-electron chi connectivity index (χ1n) is 6.11. The third-order valence-corrected chi connectivity index (χ3v) is 4.13. The second-order valence-electron chi connectivity index (χ2n) is 4.44. The Labute approximate surface area is 115 Å². The van der Waals surface area contributed by atoms with Gasteiger partial charge in [-0.15, -0.1) is 11.8 Å². The van der Waals surface area contributed by atoms with Crippen molar-refractivity contribution in [2.45, 2.75) is 30.8 Å². The fraction of sp³-hybridized carbons (Fsp3) is 0.462. The molecule has 1 aromatic rings. The average molecular weight is 281 g/mol. The number of rotatable bonds is 5. The molecule has 2 rings (SSSR count). The smallest absolute Gasteiger partial charge is 0.280 e. The Hall–Kier alpha value is -1.40. The molecule has 1 aliphatic rings. The van der Waals surface area contributed by atoms with Crippen LogP contribution in [0, 0.1) is 10.1 Å². The van der Waals surface area contributed by atoms with E-state index in [1.54, 1.807) is 23.9 Å². The normalized spacial score (nSPS) is 18.5. The van der Waals surface area contributed by atoms with Crippen molar-refractivity contribution in [2.75, 3.05) is 12.4 Å². The second-order valence-corrected chi connectivity index (χ2v) is 5.53. The number of nitro benzene ring substituents is 1. The summed E-state index contributed by atoms with van der Waals surface area (Å²) in [5.74, 6) is 0.529. The van der Waals surface area contributed by atoms with Crippen molar-refractivity contribution in [3.05, 3.63) is 33.9 Å². The van der Waals surface area contributed by atoms with Gasteiger partial charge < -0.3 is 4.74 Å². The predicted molar refractivity (Wildman–Crippen MR) is 72.8 cm³/mol. The molecule has 6 heteroatoms. The number of thioether (sulfide) groups is 1. The van der Waals surface area contributed by atoms with Gasteiger partial charge in [-0.1, -0.05) is 0 Å². The number of Topliss-reactive ketones (excluding diaryl/α,β-unsaturated/α-hetero) is 1. The molecule has 0 bridgehead atoms. The molecule has 0 aliphatic carbocycles. The van der Waals surface area contributed by atoms with Crippen molar-refractivity contribution < 1.29 is 14.5 Å². The van der Waals surface area contributed by atoms with Crippen LogP contribution in [0.3, 0.4) is 0 Å². The third-order valence-electron chi connectivity index (χ3n) is 3.00. The number of benzene rings is 1. The molecule has 0 N–H and O–H groups in total. The molecule has 102 valence electrons. The van der Waals surface area contributed by atoms with E-state index in [4.69, 9.17) is 4.74 Å². The number of ether oxygens (including phenoxy) is 1. The van der Waals surface area contributed by atoms with Crippen LogP contribution in [0.2, 0.25) is 0 Å². The lowest BCUT2D eigenvalue weighted by Gasteiger charge is -2.09. The Kier molecular flexibility index (Phi) is 4.55. The second kappa shape index (κ2) is 6.16. The van der Waals surface area contributed by atoms with Crippen LogP contribution in [-0.4, -0.2) is 29.2 Å². The highest BCUT2D eigenvalue weighted by Crippen LogP contribution is 2.28. The molecular weight excluding hydrogens is 266 g/mol. The summed E-state index contributed by atoms with van der Waals surface area (Å²) in [6, 6.07) is 4.68. The van der Waals surface area contributed by atoms with Gasteiger partial charge >= 0.3 is 0 Å². The minimum absolute atomic E-state index is 0.131. The maximum absolute atomic E-state index is 11.4. The van der Waals surface area contributed by atoms with E-state index in [-0.39, 0.29) is 23.1 Å². The number of nitro groups is 1. The summed E-state index contributed by atoms with van der Waals surface area (Å²) < 4.78 is 5.52. The summed E-state index contributed by atoms with van der Waals surface area (Å²) >= 11 is 1.57. The molecular formula is C13H15NO4S. The largest absolute Gasteiger partial charge is 0.377 e. The molecule has 1 aromatic carbocycles. The maximum Gasteiger partial charge on any atom is 0.280 e. The first-order chi connectivity index (χ1) is 9.08. The first-order valence-corrected chi connectivity index (χ1v) is 7.10. The Morgan fingerprint density at radius 2 is 2.37 bits per heavy atom. The summed E-state index contributed by atoms with van der Waals surface area (Å²) in [6.07, 6.45) is 2.39. The summed E-state index contributed by atoms with van der Waals surface area (Å²) in [6.45, 7) is 2.15. The van der Waals surface area contributed by atoms with Gasteiger partial charge in [-0.25, -0.2) is 0 Å². The number of carbonyl (C=O) groups excluding carboxylic acids is 1. The van der Waals surface area contributed by atoms with Gasteiger partial charge in [0.25, 0.3) is 5.69 Å². The van der Waals surface area contributed by atoms with Crippen LogP contribution in [0.4, 0.5) is 5.69 Å². The van der Waals surface area contributed by atoms with Crippen LogP contribution in [-0.2, 0) is 4.74 Å². The zero-order valence-corrected chi connectivity index (χ0v) is 11.4. The Morgan fingerprint density at radius 1 is 1.58 bits per heavy atom. The van der Waals surface area contributed by atoms with Crippen molar-refractivity contribution in [3.8, 4) is 0 Å². The van der Waals surface area contributed by atoms with Gasteiger partial charge in [-0.2, -0.15) is 0 Å². The van der Waals surface area contributed by atoms with Gasteiger partial charge in [0.05, 0.1) is 16.6 Å². The SMILES string of the molecule is CC(=O)c1cc(SCC2CCCO2)ccc1[N+](=O)[O-]. The summed E-state index contributed by atoms with van der Waals surface area (Å²) in [5, 5.41) is 10.8. The molecule has 0 saturated carbocycles. The van der Waals surface area contributed by atoms with E-state index in [9.17, 15) is 14.9 Å². The van der Waals surface area contributed by atoms with Crippen LogP contribution in [0.1, 0.15) is 30.1 Å². The standard InChI is InChI=1S/C13H15NO4S/c1-9(15)12-7-11(4-5-13(12)14(16)17)19-8-10-3-2-6-18-10/h4-5,7,10H,2-3,6,8H2,1H3. The highest BCUT2D eigenvalue weighted by atomic mass is 32.2. The van der Waals surface area contributed by atoms with E-state index in [0.29, 0.717) is 0 Å². The molecule has 1 fully saturated rings. The molecule has 0 radical (unpaired) electrons. The van der Waals surface area contributed by atoms with Crippen LogP contribution >= 0.6 is 11.8 Å². The molecule has 1 atom stereocenters. The van der Waals surface area contributed by atoms with Gasteiger partial charge in [0, 0.05) is 23.3 Å². The van der Waals surface area contributed by atoms with Crippen LogP contribution < -0.4 is 0 Å². The highest BCUT2D eigenvalue weighted by molar-refractivity contribution is 7.99. The summed E-state index contributed by atoms with van der Waals surface area (Å²) in [4.78, 5) is 22.6. The van der Waals surface area contributed by atoms with E-state index in [2.05, 4.69) is 0 Å². The van der Waals surface area contributed by atoms with Gasteiger partial charge in [0.2, 0.25) is 0 Å². The number of hydrogen-bond donors (Lipinski definition) is 0. The van der Waals surface area contributed by atoms with Gasteiger partial charge in [-0.05, 0) is 31.9 Å². The minimum Gasteiger partial charge on any atom is -0.377 e. The van der Waals surface area contributed by atoms with Crippen LogP contribution in [0.25, 0.3) is 0 Å². The zero-order valence-electron chi connectivity index (χ0n) is 10.6. The number of ketones is 1. The minimum atomic E-state index is -0.523. The van der Waals surface area contributed by atoms with Gasteiger partial charge in [0.15, 0.2) is 5.78 Å². The van der Waals surface area contributed by atoms with Gasteiger partial charge in [-0.3, -0.25) is 14.9 Å². The fourth-order valence-corrected chi connectivity index (χ4v) is 3.02. The predicted octanol–water partition coefficient (Wildman–Crippen LogP) is 3.07. The van der Waals surface area contributed by atoms with Crippen molar-refractivity contribution in [1.29, 1.82) is 0 Å². The van der Waals surface area contributed by atoms with Crippen molar-refractivity contribution in [3.63, 3.8) is 0 Å². The molecule has 1 heterocycles. The molecule has 19 heavy (non-hydrogen) atoms. The van der Waals surface area contributed by atoms with Crippen LogP contribution in [0.15, 0.2) is 23.1 Å². The molecule has 0 aromatic heterocycles. The number of carbonyl (C=O) groups is 1. The van der Waals surface area contributed by atoms with Gasteiger partial charge in [0.1, 0.15) is 0 Å². The van der Waals surface area contributed by atoms with E-state index >= 15 is 0 Å². The number of hydrogen-bond acceptors (Lipinski definition) is 5. The highest BCUT2D eigenvalue weighted by Gasteiger charge is 2.19. The Bertz CT molecular complexity index is 497. The lowest BCUT2D eigenvalue weighted by Crippen LogP contribution is -2.08. The first kappa shape index (κ1) is 14.0. The summed E-state index contributed by atoms with van der Waals surface area (Å²) in [5.41, 5.74) is 0.0382. The molecule has 0 amide bonds. The van der Waals surface area contributed by atoms with E-state index in [0.717, 1.165) is 30.1 Å². The number of nitrogens with zero attached hydrogens (tertiary/aromatic N) is 1. The van der Waals surface area contributed by atoms with Crippen molar-refractivity contribution >= 4 is 23.2 Å². The monoisotopic (exact) mass is 281 g/mol. The lowest BCUT2D eigenvalue weighted by atomic mass is 10.1. The topological polar surface area (TPSA) is 69.4 Å². The Balaban J connectivity index is 2.11. The maximum atomic E-state index is 11.4. The molecule has 5 nitrogen and oxygen atoms in total. The average Bonchev–Trinajstić information content (AvgIpc) is 2.88. The van der Waals surface area contributed by atoms with Crippen LogP contribution in [0.5, 0.6) is 0 Å². The molecule has 1 aliphatic heterocycles. The van der Waals surface area contributed by atoms with Crippen molar-refractivity contribution in [2.24, 2.45) is 0 Å². The third kappa shape index (κ3) is 3.54.